The van der Waals surface area contributed by atoms with E-state index in [-0.39, 0.29) is 34.9 Å². The number of ether oxygens (including phenoxy) is 2. The first-order valence-corrected chi connectivity index (χ1v) is 33.9. The Kier molecular flexibility index (Phi) is 40.3. The summed E-state index contributed by atoms with van der Waals surface area (Å²) in [6.07, 6.45) is 13.0. The van der Waals surface area contributed by atoms with Crippen LogP contribution in [0.2, 0.25) is 0 Å². The molecule has 2 aromatic rings. The van der Waals surface area contributed by atoms with Gasteiger partial charge in [-0.05, 0) is 105 Å². The molecular formula is C60H116O20P4. The minimum absolute atomic E-state index is 0.121. The highest BCUT2D eigenvalue weighted by atomic mass is 31.2. The van der Waals surface area contributed by atoms with Crippen molar-refractivity contribution in [2.45, 2.75) is 235 Å². The van der Waals surface area contributed by atoms with E-state index in [2.05, 4.69) is 144 Å². The fraction of sp³-hybridized carbons (Fsp3) is 0.800. The van der Waals surface area contributed by atoms with Crippen LogP contribution in [0.3, 0.4) is 0 Å². The Morgan fingerprint density at radius 1 is 0.381 bits per heavy atom. The minimum atomic E-state index is -2.61. The molecule has 496 valence electrons. The Morgan fingerprint density at radius 2 is 0.643 bits per heavy atom. The third-order valence-corrected chi connectivity index (χ3v) is 17.1. The van der Waals surface area contributed by atoms with Crippen LogP contribution in [0.4, 0.5) is 0 Å². The predicted octanol–water partition coefficient (Wildman–Crippen LogP) is 10.2. The molecule has 0 atom stereocenters. The first kappa shape index (κ1) is 85.4. The Labute approximate surface area is 509 Å². The maximum Gasteiger partial charge on any atom is 0.334 e. The van der Waals surface area contributed by atoms with Gasteiger partial charge in [0.2, 0.25) is 0 Å². The molecule has 0 saturated carbocycles. The number of aryl methyl sites for hydroxylation is 2. The average Bonchev–Trinajstić information content (AvgIpc) is 0.986. The van der Waals surface area contributed by atoms with Gasteiger partial charge in [0.25, 0.3) is 5.97 Å². The lowest BCUT2D eigenvalue weighted by molar-refractivity contribution is -0.426. The zero-order chi connectivity index (χ0) is 65.9. The van der Waals surface area contributed by atoms with Gasteiger partial charge in [-0.25, -0.2) is 8.62 Å². The maximum absolute atomic E-state index is 13.4. The van der Waals surface area contributed by atoms with E-state index in [4.69, 9.17) is 48.6 Å². The summed E-state index contributed by atoms with van der Waals surface area (Å²) in [7, 11) is -10.4. The number of unbranched alkanes of at least 4 members (excludes halogenated alkanes) is 8. The van der Waals surface area contributed by atoms with Crippen molar-refractivity contribution in [3.05, 3.63) is 68.8 Å². The van der Waals surface area contributed by atoms with E-state index < -0.39 is 96.5 Å². The van der Waals surface area contributed by atoms with Crippen molar-refractivity contribution in [3.8, 4) is 0 Å². The molecule has 0 unspecified atom stereocenters. The molecule has 84 heavy (non-hydrogen) atoms. The van der Waals surface area contributed by atoms with E-state index in [1.807, 2.05) is 13.8 Å². The number of aliphatic hydroxyl groups is 8. The molecule has 0 saturated heterocycles. The van der Waals surface area contributed by atoms with Crippen LogP contribution in [0, 0.1) is 36.5 Å². The standard InChI is InChI=1S/C35H56O4.C25H52O6.2H4O5P2/c1-22-15-24(30(3,4)5)17-26(32(9,10)11)28(22)35(39,34(19-36,20-37)21-38)29-23(2)16-25(31(6,7)8)18-27(29)33(12,13)14;1-22(2)15-11-7-5-9-13-17-30-25(29,24(19-26,20-27)21-28)31-18-14-10-6-8-12-16-23(3)4;2*1-6(2)5-7(3)4/h15-18,36-39H,19-21H2,1-14H3;22-23,26-29H,5-21H2,1-4H3;2*1-4H. The first-order valence-electron chi connectivity index (χ1n) is 29.2. The van der Waals surface area contributed by atoms with Crippen molar-refractivity contribution >= 4 is 34.4 Å². The van der Waals surface area contributed by atoms with E-state index in [0.717, 1.165) is 83.7 Å². The molecule has 0 radical (unpaired) electrons. The summed E-state index contributed by atoms with van der Waals surface area (Å²) in [6, 6.07) is 8.56. The average molecular weight is 1280 g/mol. The molecule has 0 aliphatic carbocycles. The van der Waals surface area contributed by atoms with Gasteiger partial charge in [-0.1, -0.05) is 199 Å². The molecular weight excluding hydrogens is 1160 g/mol. The summed E-state index contributed by atoms with van der Waals surface area (Å²) in [5.41, 5.74) is 1.02. The summed E-state index contributed by atoms with van der Waals surface area (Å²) in [6.45, 7) is 35.5. The molecule has 0 aromatic heterocycles. The van der Waals surface area contributed by atoms with Crippen molar-refractivity contribution in [1.82, 2.24) is 0 Å². The van der Waals surface area contributed by atoms with Gasteiger partial charge in [0.1, 0.15) is 11.0 Å². The largest absolute Gasteiger partial charge is 0.395 e. The molecule has 0 amide bonds. The quantitative estimate of drug-likeness (QED) is 0.0184. The van der Waals surface area contributed by atoms with Crippen molar-refractivity contribution in [1.29, 1.82) is 0 Å². The third-order valence-electron chi connectivity index (χ3n) is 14.7. The van der Waals surface area contributed by atoms with E-state index in [1.165, 1.54) is 38.5 Å². The van der Waals surface area contributed by atoms with Crippen LogP contribution in [0.5, 0.6) is 0 Å². The smallest absolute Gasteiger partial charge is 0.334 e. The zero-order valence-electron chi connectivity index (χ0n) is 54.2. The second-order valence-corrected chi connectivity index (χ2v) is 30.3. The molecule has 0 aliphatic heterocycles. The van der Waals surface area contributed by atoms with Crippen LogP contribution >= 0.6 is 34.4 Å². The summed E-state index contributed by atoms with van der Waals surface area (Å²) < 4.78 is 18.5. The number of hydrogen-bond donors (Lipinski definition) is 16. The highest BCUT2D eigenvalue weighted by molar-refractivity contribution is 7.53. The van der Waals surface area contributed by atoms with Crippen molar-refractivity contribution in [2.24, 2.45) is 22.7 Å². The van der Waals surface area contributed by atoms with Crippen LogP contribution in [0.15, 0.2) is 24.3 Å². The number of hydrogen-bond acceptors (Lipinski definition) is 20. The highest BCUT2D eigenvalue weighted by Crippen LogP contribution is 2.54. The van der Waals surface area contributed by atoms with E-state index in [1.54, 1.807) is 0 Å². The molecule has 24 heteroatoms. The van der Waals surface area contributed by atoms with E-state index in [9.17, 15) is 40.9 Å². The molecule has 0 fully saturated rings. The van der Waals surface area contributed by atoms with Gasteiger partial charge in [-0.15, -0.1) is 0 Å². The molecule has 16 N–H and O–H groups in total. The SMILES string of the molecule is CC(C)CCCCCCCOC(O)(OCCCCCCCC(C)C)C(CO)(CO)CO.Cc1cc(C(C)(C)C)cc(C(C)(C)C)c1C(O)(c1c(C)cc(C(C)(C)C)cc1C(C)(C)C)C(CO)(CO)CO.OP(O)OP(O)O.OP(O)OP(O)O. The number of aliphatic hydroxyl groups excluding tert-OH is 6. The summed E-state index contributed by atoms with van der Waals surface area (Å²) in [5.74, 6) is -0.737. The maximum atomic E-state index is 13.4. The zero-order valence-corrected chi connectivity index (χ0v) is 57.8. The van der Waals surface area contributed by atoms with Crippen LogP contribution in [0.25, 0.3) is 0 Å². The van der Waals surface area contributed by atoms with Crippen molar-refractivity contribution in [2.75, 3.05) is 52.9 Å². The Bertz CT molecular complexity index is 1930. The van der Waals surface area contributed by atoms with Crippen molar-refractivity contribution < 1.29 is 98.1 Å². The summed E-state index contributed by atoms with van der Waals surface area (Å²) in [5, 5.41) is 86.4. The highest BCUT2D eigenvalue weighted by Gasteiger charge is 2.57. The first-order chi connectivity index (χ1) is 38.4. The molecule has 2 rings (SSSR count). The Morgan fingerprint density at radius 3 is 0.857 bits per heavy atom. The van der Waals surface area contributed by atoms with E-state index in [0.29, 0.717) is 11.1 Å². The van der Waals surface area contributed by atoms with Crippen LogP contribution in [-0.2, 0) is 45.4 Å². The molecule has 20 nitrogen and oxygen atoms in total. The lowest BCUT2D eigenvalue weighted by Crippen LogP contribution is -2.59. The lowest BCUT2D eigenvalue weighted by Gasteiger charge is -2.50. The molecule has 0 spiro atoms. The van der Waals surface area contributed by atoms with Gasteiger partial charge in [0.15, 0.2) is 0 Å². The predicted molar refractivity (Wildman–Crippen MR) is 337 cm³/mol. The van der Waals surface area contributed by atoms with Gasteiger partial charge in [0, 0.05) is 0 Å². The monoisotopic (exact) mass is 1280 g/mol. The topological polar surface area (TPSA) is 361 Å². The molecule has 2 aromatic carbocycles. The molecule has 0 heterocycles. The van der Waals surface area contributed by atoms with Crippen LogP contribution in [0.1, 0.15) is 232 Å². The number of benzene rings is 2. The molecule has 0 aliphatic rings. The third kappa shape index (κ3) is 28.7. The van der Waals surface area contributed by atoms with Gasteiger partial charge >= 0.3 is 34.4 Å². The Balaban J connectivity index is 0. The van der Waals surface area contributed by atoms with Gasteiger partial charge < -0.3 is 89.5 Å². The van der Waals surface area contributed by atoms with Gasteiger partial charge in [-0.2, -0.15) is 0 Å². The van der Waals surface area contributed by atoms with Gasteiger partial charge in [-0.3, -0.25) is 0 Å². The van der Waals surface area contributed by atoms with E-state index >= 15 is 0 Å². The van der Waals surface area contributed by atoms with Gasteiger partial charge in [0.05, 0.1) is 58.3 Å². The van der Waals surface area contributed by atoms with Crippen molar-refractivity contribution in [3.63, 3.8) is 0 Å². The second kappa shape index (κ2) is 39.6. The van der Waals surface area contributed by atoms with Crippen LogP contribution in [-0.4, -0.2) is 139 Å². The Hall–Kier alpha value is -0.640. The minimum Gasteiger partial charge on any atom is -0.395 e. The lowest BCUT2D eigenvalue weighted by atomic mass is 9.58. The number of rotatable bonds is 32. The summed E-state index contributed by atoms with van der Waals surface area (Å²) in [4.78, 5) is 62.5. The fourth-order valence-electron chi connectivity index (χ4n) is 9.45. The fourth-order valence-corrected chi connectivity index (χ4v) is 10.5. The second-order valence-electron chi connectivity index (χ2n) is 27.0. The summed E-state index contributed by atoms with van der Waals surface area (Å²) >= 11 is 0. The molecule has 0 bridgehead atoms. The van der Waals surface area contributed by atoms with Crippen LogP contribution < -0.4 is 0 Å². The normalized spacial score (nSPS) is 13.2.